The summed E-state index contributed by atoms with van der Waals surface area (Å²) >= 11 is 0. The molecule has 7 heteroatoms. The average Bonchev–Trinajstić information content (AvgIpc) is 3.23. The summed E-state index contributed by atoms with van der Waals surface area (Å²) in [6, 6.07) is 4.13. The predicted molar refractivity (Wildman–Crippen MR) is 110 cm³/mol. The largest absolute Gasteiger partial charge is 0.491 e. The van der Waals surface area contributed by atoms with Gasteiger partial charge in [-0.15, -0.1) is 0 Å². The summed E-state index contributed by atoms with van der Waals surface area (Å²) in [6.07, 6.45) is 8.39. The number of aromatic nitrogens is 1. The molecule has 4 rings (SSSR count). The van der Waals surface area contributed by atoms with Gasteiger partial charge in [0, 0.05) is 57.5 Å². The maximum absolute atomic E-state index is 13.0. The first-order chi connectivity index (χ1) is 14.2. The number of pyridine rings is 1. The quantitative estimate of drug-likeness (QED) is 0.771. The minimum absolute atomic E-state index is 0.0720. The van der Waals surface area contributed by atoms with Gasteiger partial charge in [0.2, 0.25) is 5.91 Å². The highest BCUT2D eigenvalue weighted by Gasteiger charge is 2.31. The van der Waals surface area contributed by atoms with Crippen molar-refractivity contribution < 1.29 is 14.6 Å². The molecule has 0 spiro atoms. The van der Waals surface area contributed by atoms with E-state index in [0.717, 1.165) is 77.4 Å². The van der Waals surface area contributed by atoms with Gasteiger partial charge in [-0.1, -0.05) is 0 Å². The molecule has 3 aliphatic heterocycles. The number of ether oxygens (including phenoxy) is 1. The molecule has 0 bridgehead atoms. The second-order valence-electron chi connectivity index (χ2n) is 8.34. The highest BCUT2D eigenvalue weighted by Crippen LogP contribution is 2.23. The van der Waals surface area contributed by atoms with Gasteiger partial charge in [-0.2, -0.15) is 0 Å². The zero-order valence-electron chi connectivity index (χ0n) is 17.1. The number of nitrogens with zero attached hydrogens (tertiary/aromatic N) is 4. The molecular formula is C22H32N4O3. The van der Waals surface area contributed by atoms with E-state index in [1.54, 1.807) is 0 Å². The summed E-state index contributed by atoms with van der Waals surface area (Å²) in [7, 11) is 0. The van der Waals surface area contributed by atoms with Gasteiger partial charge in [0.05, 0.1) is 13.2 Å². The van der Waals surface area contributed by atoms with Gasteiger partial charge >= 0.3 is 0 Å². The number of carbonyl (C=O) groups is 1. The number of hydrogen-bond acceptors (Lipinski definition) is 6. The minimum Gasteiger partial charge on any atom is -0.491 e. The van der Waals surface area contributed by atoms with Crippen LogP contribution in [0.15, 0.2) is 36.4 Å². The third kappa shape index (κ3) is 5.35. The van der Waals surface area contributed by atoms with Crippen LogP contribution in [0.3, 0.4) is 0 Å². The van der Waals surface area contributed by atoms with Gasteiger partial charge in [0.15, 0.2) is 0 Å². The van der Waals surface area contributed by atoms with Crippen LogP contribution in [0, 0.1) is 5.92 Å². The summed E-state index contributed by atoms with van der Waals surface area (Å²) in [6.45, 7) is 7.13. The van der Waals surface area contributed by atoms with E-state index >= 15 is 0 Å². The molecule has 0 aromatic carbocycles. The molecule has 158 valence electrons. The molecule has 3 aliphatic rings. The molecule has 2 fully saturated rings. The van der Waals surface area contributed by atoms with Crippen LogP contribution < -0.4 is 0 Å². The summed E-state index contributed by atoms with van der Waals surface area (Å²) in [5, 5.41) is 9.18. The fourth-order valence-corrected chi connectivity index (χ4v) is 4.48. The Morgan fingerprint density at radius 2 is 1.72 bits per heavy atom. The molecule has 29 heavy (non-hydrogen) atoms. The van der Waals surface area contributed by atoms with Crippen LogP contribution in [0.4, 0.5) is 0 Å². The molecule has 1 amide bonds. The van der Waals surface area contributed by atoms with Crippen LogP contribution in [-0.2, 0) is 16.1 Å². The SMILES string of the molecule is O=C(C1CCN(Cc2ccncc2)CC1)N1CCN(CC2=CCC(CO)O2)CC1. The number of piperazine rings is 1. The van der Waals surface area contributed by atoms with Crippen molar-refractivity contribution >= 4 is 5.91 Å². The monoisotopic (exact) mass is 400 g/mol. The fraction of sp³-hybridized carbons (Fsp3) is 0.636. The Bertz CT molecular complexity index is 695. The van der Waals surface area contributed by atoms with Gasteiger partial charge in [-0.3, -0.25) is 19.6 Å². The number of hydrogen-bond donors (Lipinski definition) is 1. The smallest absolute Gasteiger partial charge is 0.225 e. The van der Waals surface area contributed by atoms with E-state index in [4.69, 9.17) is 4.74 Å². The molecule has 1 atom stereocenters. The number of piperidine rings is 1. The molecular weight excluding hydrogens is 368 g/mol. The van der Waals surface area contributed by atoms with Crippen molar-refractivity contribution in [1.82, 2.24) is 19.7 Å². The first-order valence-corrected chi connectivity index (χ1v) is 10.8. The summed E-state index contributed by atoms with van der Waals surface area (Å²) in [4.78, 5) is 23.9. The van der Waals surface area contributed by atoms with Gasteiger partial charge in [0.1, 0.15) is 11.9 Å². The number of carbonyl (C=O) groups excluding carboxylic acids is 1. The standard InChI is InChI=1S/C22H32N4O3/c27-17-21-2-1-20(29-21)16-25-11-13-26(14-12-25)22(28)19-5-9-24(10-6-19)15-18-3-7-23-8-4-18/h1,3-4,7-8,19,21,27H,2,5-6,9-17H2. The summed E-state index contributed by atoms with van der Waals surface area (Å²) in [5.41, 5.74) is 1.28. The highest BCUT2D eigenvalue weighted by molar-refractivity contribution is 5.79. The molecule has 4 heterocycles. The van der Waals surface area contributed by atoms with Gasteiger partial charge in [-0.05, 0) is 49.7 Å². The minimum atomic E-state index is -0.0720. The topological polar surface area (TPSA) is 69.1 Å². The summed E-state index contributed by atoms with van der Waals surface area (Å²) < 4.78 is 5.72. The number of aliphatic hydroxyl groups excluding tert-OH is 1. The molecule has 1 aromatic rings. The normalized spacial score (nSPS) is 24.4. The Balaban J connectivity index is 1.17. The highest BCUT2D eigenvalue weighted by atomic mass is 16.5. The molecule has 1 aromatic heterocycles. The Kier molecular flexibility index (Phi) is 6.79. The molecule has 2 saturated heterocycles. The van der Waals surface area contributed by atoms with E-state index < -0.39 is 0 Å². The number of rotatable bonds is 6. The van der Waals surface area contributed by atoms with Crippen LogP contribution in [0.2, 0.25) is 0 Å². The number of amides is 1. The molecule has 1 unspecified atom stereocenters. The zero-order chi connectivity index (χ0) is 20.1. The fourth-order valence-electron chi connectivity index (χ4n) is 4.48. The lowest BCUT2D eigenvalue weighted by molar-refractivity contribution is -0.138. The van der Waals surface area contributed by atoms with Crippen LogP contribution in [-0.4, -0.2) is 89.2 Å². The predicted octanol–water partition coefficient (Wildman–Crippen LogP) is 1.10. The van der Waals surface area contributed by atoms with Gasteiger partial charge in [-0.25, -0.2) is 0 Å². The van der Waals surface area contributed by atoms with E-state index in [-0.39, 0.29) is 18.6 Å². The van der Waals surface area contributed by atoms with E-state index in [9.17, 15) is 9.90 Å². The van der Waals surface area contributed by atoms with E-state index in [1.807, 2.05) is 12.4 Å². The first kappa shape index (κ1) is 20.3. The first-order valence-electron chi connectivity index (χ1n) is 10.8. The van der Waals surface area contributed by atoms with Crippen LogP contribution in [0.25, 0.3) is 0 Å². The second kappa shape index (κ2) is 9.69. The third-order valence-electron chi connectivity index (χ3n) is 6.29. The lowest BCUT2D eigenvalue weighted by atomic mass is 9.94. The van der Waals surface area contributed by atoms with Crippen molar-refractivity contribution in [2.75, 3.05) is 52.4 Å². The molecule has 0 saturated carbocycles. The Hall–Kier alpha value is -1.96. The van der Waals surface area contributed by atoms with Crippen molar-refractivity contribution in [3.8, 4) is 0 Å². The molecule has 7 nitrogen and oxygen atoms in total. The summed E-state index contributed by atoms with van der Waals surface area (Å²) in [5.74, 6) is 1.47. The van der Waals surface area contributed by atoms with Crippen LogP contribution in [0.1, 0.15) is 24.8 Å². The Labute approximate surface area is 172 Å². The van der Waals surface area contributed by atoms with Crippen LogP contribution >= 0.6 is 0 Å². The second-order valence-corrected chi connectivity index (χ2v) is 8.34. The van der Waals surface area contributed by atoms with Gasteiger partial charge < -0.3 is 14.7 Å². The third-order valence-corrected chi connectivity index (χ3v) is 6.29. The van der Waals surface area contributed by atoms with Crippen molar-refractivity contribution in [2.45, 2.75) is 31.9 Å². The molecule has 1 N–H and O–H groups in total. The van der Waals surface area contributed by atoms with E-state index in [0.29, 0.717) is 5.91 Å². The lowest BCUT2D eigenvalue weighted by Crippen LogP contribution is -2.51. The maximum atomic E-state index is 13.0. The van der Waals surface area contributed by atoms with Crippen molar-refractivity contribution in [3.63, 3.8) is 0 Å². The van der Waals surface area contributed by atoms with Crippen molar-refractivity contribution in [1.29, 1.82) is 0 Å². The van der Waals surface area contributed by atoms with Gasteiger partial charge in [0.25, 0.3) is 0 Å². The van der Waals surface area contributed by atoms with Crippen molar-refractivity contribution in [2.24, 2.45) is 5.92 Å². The molecule has 0 aliphatic carbocycles. The van der Waals surface area contributed by atoms with E-state index in [1.165, 1.54) is 5.56 Å². The number of likely N-dealkylation sites (tertiary alicyclic amines) is 1. The average molecular weight is 401 g/mol. The molecule has 0 radical (unpaired) electrons. The Morgan fingerprint density at radius 3 is 2.38 bits per heavy atom. The number of aliphatic hydroxyl groups is 1. The van der Waals surface area contributed by atoms with Crippen molar-refractivity contribution in [3.05, 3.63) is 41.9 Å². The lowest BCUT2D eigenvalue weighted by Gasteiger charge is -2.38. The zero-order valence-corrected chi connectivity index (χ0v) is 17.1. The van der Waals surface area contributed by atoms with E-state index in [2.05, 4.69) is 37.9 Å². The maximum Gasteiger partial charge on any atom is 0.225 e. The Morgan fingerprint density at radius 1 is 1.03 bits per heavy atom. The van der Waals surface area contributed by atoms with Crippen LogP contribution in [0.5, 0.6) is 0 Å².